The number of ether oxygens (including phenoxy) is 1. The Balaban J connectivity index is 3.99. The molecule has 0 rings (SSSR count). The zero-order valence-electron chi connectivity index (χ0n) is 18.2. The van der Waals surface area contributed by atoms with Gasteiger partial charge in [0.1, 0.15) is 6.54 Å². The van der Waals surface area contributed by atoms with Gasteiger partial charge in [-0.1, -0.05) is 45.4 Å². The minimum absolute atomic E-state index is 0.108. The van der Waals surface area contributed by atoms with E-state index in [0.717, 1.165) is 51.4 Å². The highest BCUT2D eigenvalue weighted by Crippen LogP contribution is 2.14. The van der Waals surface area contributed by atoms with Gasteiger partial charge in [0.25, 0.3) is 0 Å². The molecule has 7 nitrogen and oxygen atoms in total. The molecule has 0 spiro atoms. The largest absolute Gasteiger partial charge is 0.481 e. The number of hydrogen-bond donors (Lipinski definition) is 3. The number of hydrogen-bond acceptors (Lipinski definition) is 5. The first-order valence-corrected chi connectivity index (χ1v) is 10.6. The Kier molecular flexibility index (Phi) is 14.1. The molecule has 0 aromatic rings. The highest BCUT2D eigenvalue weighted by atomic mass is 16.5. The molecule has 0 aromatic heterocycles. The molecular weight excluding hydrogens is 362 g/mol. The van der Waals surface area contributed by atoms with Crippen molar-refractivity contribution in [2.24, 2.45) is 0 Å². The second-order valence-electron chi connectivity index (χ2n) is 8.83. The lowest BCUT2D eigenvalue weighted by atomic mass is 10.0. The van der Waals surface area contributed by atoms with Crippen molar-refractivity contribution in [1.29, 1.82) is 0 Å². The van der Waals surface area contributed by atoms with Crippen LogP contribution in [0.1, 0.15) is 77.6 Å². The van der Waals surface area contributed by atoms with Crippen molar-refractivity contribution in [3.05, 3.63) is 0 Å². The Morgan fingerprint density at radius 2 is 1.39 bits per heavy atom. The number of aliphatic hydroxyl groups excluding tert-OH is 2. The summed E-state index contributed by atoms with van der Waals surface area (Å²) >= 11 is 0. The molecule has 0 aliphatic carbocycles. The lowest BCUT2D eigenvalue weighted by molar-refractivity contribution is -0.873. The summed E-state index contributed by atoms with van der Waals surface area (Å²) in [5.74, 6) is -1.56. The molecule has 0 aromatic carbocycles. The van der Waals surface area contributed by atoms with Crippen molar-refractivity contribution in [1.82, 2.24) is 0 Å². The van der Waals surface area contributed by atoms with E-state index in [1.54, 1.807) is 0 Å². The number of nitrogens with zero attached hydrogens (tertiary/aromatic N) is 1. The fourth-order valence-corrected chi connectivity index (χ4v) is 3.18. The van der Waals surface area contributed by atoms with E-state index in [0.29, 0.717) is 17.4 Å². The van der Waals surface area contributed by atoms with E-state index in [1.165, 1.54) is 0 Å². The smallest absolute Gasteiger partial charge is 0.308 e. The van der Waals surface area contributed by atoms with Crippen LogP contribution in [-0.2, 0) is 14.3 Å². The third-order valence-electron chi connectivity index (χ3n) is 4.57. The lowest BCUT2D eigenvalue weighted by Crippen LogP contribution is -2.44. The van der Waals surface area contributed by atoms with Crippen LogP contribution in [0.15, 0.2) is 0 Å². The van der Waals surface area contributed by atoms with E-state index in [4.69, 9.17) is 9.84 Å². The van der Waals surface area contributed by atoms with Crippen LogP contribution in [0.3, 0.4) is 0 Å². The van der Waals surface area contributed by atoms with Crippen LogP contribution in [0.4, 0.5) is 0 Å². The van der Waals surface area contributed by atoms with Gasteiger partial charge in [-0.05, 0) is 19.3 Å². The number of carbonyl (C=O) groups is 2. The van der Waals surface area contributed by atoms with Crippen LogP contribution in [0.2, 0.25) is 0 Å². The number of unbranched alkanes of at least 4 members (excludes halogenated alkanes) is 4. The van der Waals surface area contributed by atoms with Crippen molar-refractivity contribution >= 4 is 11.9 Å². The quantitative estimate of drug-likeness (QED) is 0.196. The van der Waals surface area contributed by atoms with E-state index in [9.17, 15) is 19.8 Å². The number of carboxylic acid groups (broad SMARTS) is 1. The molecule has 166 valence electrons. The predicted molar refractivity (Wildman–Crippen MR) is 109 cm³/mol. The fourth-order valence-electron chi connectivity index (χ4n) is 3.18. The number of rotatable bonds is 17. The zero-order valence-corrected chi connectivity index (χ0v) is 18.2. The molecule has 3 atom stereocenters. The van der Waals surface area contributed by atoms with Crippen molar-refractivity contribution in [3.8, 4) is 0 Å². The minimum atomic E-state index is -1.01. The summed E-state index contributed by atoms with van der Waals surface area (Å²) < 4.78 is 5.78. The molecular formula is C21H42NO6+. The number of carboxylic acids is 1. The van der Waals surface area contributed by atoms with Crippen LogP contribution in [0.5, 0.6) is 0 Å². The topological polar surface area (TPSA) is 104 Å². The van der Waals surface area contributed by atoms with E-state index < -0.39 is 24.1 Å². The summed E-state index contributed by atoms with van der Waals surface area (Å²) in [7, 11) is 5.71. The molecule has 0 fully saturated rings. The third kappa shape index (κ3) is 17.0. The maximum atomic E-state index is 12.0. The van der Waals surface area contributed by atoms with E-state index in [1.807, 2.05) is 21.1 Å². The summed E-state index contributed by atoms with van der Waals surface area (Å²) in [5, 5.41) is 28.8. The molecule has 0 saturated carbocycles. The van der Waals surface area contributed by atoms with Crippen molar-refractivity contribution in [3.63, 3.8) is 0 Å². The Morgan fingerprint density at radius 3 is 1.89 bits per heavy atom. The van der Waals surface area contributed by atoms with Gasteiger partial charge in [-0.25, -0.2) is 0 Å². The average Bonchev–Trinajstić information content (AvgIpc) is 2.53. The van der Waals surface area contributed by atoms with Crippen LogP contribution < -0.4 is 0 Å². The Morgan fingerprint density at radius 1 is 0.857 bits per heavy atom. The number of aliphatic hydroxyl groups is 2. The predicted octanol–water partition coefficient (Wildman–Crippen LogP) is 2.72. The van der Waals surface area contributed by atoms with Crippen molar-refractivity contribution in [2.75, 3.05) is 27.7 Å². The second kappa shape index (κ2) is 14.8. The summed E-state index contributed by atoms with van der Waals surface area (Å²) in [4.78, 5) is 23.0. The van der Waals surface area contributed by atoms with Crippen LogP contribution in [0, 0.1) is 0 Å². The molecule has 0 amide bonds. The molecule has 0 aliphatic rings. The van der Waals surface area contributed by atoms with Gasteiger partial charge < -0.3 is 24.5 Å². The SMILES string of the molecule is CCCCC(O)CCCCCCC(O)CC(=O)OC(CC(=O)O)C[N+](C)(C)C. The number of aliphatic carboxylic acids is 1. The standard InChI is InChI=1S/C21H41NO6/c1-5-6-11-17(23)12-9-7-8-10-13-18(24)14-21(27)28-19(15-20(25)26)16-22(2,3)4/h17-19,23-24H,5-16H2,1-4H3/p+1. The lowest BCUT2D eigenvalue weighted by Gasteiger charge is -2.28. The van der Waals surface area contributed by atoms with Crippen molar-refractivity contribution < 1.29 is 34.1 Å². The Hall–Kier alpha value is -1.18. The molecule has 0 radical (unpaired) electrons. The molecule has 0 saturated heterocycles. The van der Waals surface area contributed by atoms with Gasteiger partial charge in [-0.2, -0.15) is 0 Å². The van der Waals surface area contributed by atoms with Crippen molar-refractivity contribution in [2.45, 2.75) is 95.9 Å². The molecule has 0 bridgehead atoms. The normalized spacial score (nSPS) is 15.1. The van der Waals surface area contributed by atoms with Gasteiger partial charge in [0.05, 0.1) is 46.2 Å². The highest BCUT2D eigenvalue weighted by molar-refractivity contribution is 5.71. The zero-order chi connectivity index (χ0) is 21.6. The molecule has 0 aliphatic heterocycles. The van der Waals surface area contributed by atoms with Gasteiger partial charge in [-0.15, -0.1) is 0 Å². The number of quaternary nitrogens is 1. The monoisotopic (exact) mass is 404 g/mol. The van der Waals surface area contributed by atoms with Gasteiger partial charge in [0, 0.05) is 0 Å². The van der Waals surface area contributed by atoms with E-state index in [2.05, 4.69) is 6.92 Å². The average molecular weight is 405 g/mol. The summed E-state index contributed by atoms with van der Waals surface area (Å²) in [6, 6.07) is 0. The number of esters is 1. The minimum Gasteiger partial charge on any atom is -0.481 e. The Labute approximate surface area is 170 Å². The summed E-state index contributed by atoms with van der Waals surface area (Å²) in [6.45, 7) is 2.52. The van der Waals surface area contributed by atoms with Gasteiger partial charge >= 0.3 is 11.9 Å². The van der Waals surface area contributed by atoms with Crippen LogP contribution in [0.25, 0.3) is 0 Å². The van der Waals surface area contributed by atoms with Gasteiger partial charge in [0.2, 0.25) is 0 Å². The van der Waals surface area contributed by atoms with Gasteiger partial charge in [0.15, 0.2) is 6.10 Å². The molecule has 7 heteroatoms. The molecule has 28 heavy (non-hydrogen) atoms. The fraction of sp³-hybridized carbons (Fsp3) is 0.905. The van der Waals surface area contributed by atoms with Crippen LogP contribution >= 0.6 is 0 Å². The summed E-state index contributed by atoms with van der Waals surface area (Å²) in [5.41, 5.74) is 0. The number of carbonyl (C=O) groups excluding carboxylic acids is 1. The maximum absolute atomic E-state index is 12.0. The highest BCUT2D eigenvalue weighted by Gasteiger charge is 2.25. The number of likely N-dealkylation sites (N-methyl/N-ethyl adjacent to an activating group) is 1. The first-order valence-electron chi connectivity index (χ1n) is 10.6. The first-order chi connectivity index (χ1) is 13.0. The maximum Gasteiger partial charge on any atom is 0.308 e. The van der Waals surface area contributed by atoms with Crippen LogP contribution in [-0.4, -0.2) is 77.7 Å². The van der Waals surface area contributed by atoms with E-state index in [-0.39, 0.29) is 18.9 Å². The van der Waals surface area contributed by atoms with Gasteiger partial charge in [-0.3, -0.25) is 9.59 Å². The molecule has 3 N–H and O–H groups in total. The second-order valence-corrected chi connectivity index (χ2v) is 8.83. The molecule has 3 unspecified atom stereocenters. The Bertz CT molecular complexity index is 435. The van der Waals surface area contributed by atoms with E-state index >= 15 is 0 Å². The third-order valence-corrected chi connectivity index (χ3v) is 4.57. The summed E-state index contributed by atoms with van der Waals surface area (Å²) in [6.07, 6.45) is 6.12. The first kappa shape index (κ1) is 26.8. The molecule has 0 heterocycles.